The first-order chi connectivity index (χ1) is 5.31. The molecule has 0 spiro atoms. The molecule has 1 heterocycles. The summed E-state index contributed by atoms with van der Waals surface area (Å²) in [5, 5.41) is 0. The maximum atomic E-state index is 10.8. The van der Waals surface area contributed by atoms with Crippen LogP contribution in [0.3, 0.4) is 0 Å². The highest BCUT2D eigenvalue weighted by atomic mass is 16.6. The van der Waals surface area contributed by atoms with E-state index in [0.29, 0.717) is 12.0 Å². The van der Waals surface area contributed by atoms with Crippen LogP contribution in [0.15, 0.2) is 11.6 Å². The van der Waals surface area contributed by atoms with Gasteiger partial charge in [0.2, 0.25) is 0 Å². The van der Waals surface area contributed by atoms with Crippen LogP contribution in [0.1, 0.15) is 12.8 Å². The van der Waals surface area contributed by atoms with E-state index < -0.39 is 0 Å². The van der Waals surface area contributed by atoms with Gasteiger partial charge in [-0.05, 0) is 6.42 Å². The number of hydrogen-bond acceptors (Lipinski definition) is 3. The molecule has 0 saturated carbocycles. The van der Waals surface area contributed by atoms with E-state index in [1.54, 1.807) is 0 Å². The van der Waals surface area contributed by atoms with E-state index in [2.05, 4.69) is 0 Å². The van der Waals surface area contributed by atoms with Gasteiger partial charge in [0.15, 0.2) is 0 Å². The fourth-order valence-electron chi connectivity index (χ4n) is 1.67. The summed E-state index contributed by atoms with van der Waals surface area (Å²) in [7, 11) is 0. The molecule has 0 aromatic heterocycles. The van der Waals surface area contributed by atoms with Gasteiger partial charge in [-0.2, -0.15) is 0 Å². The molecule has 0 aromatic carbocycles. The zero-order valence-electron chi connectivity index (χ0n) is 5.95. The molecule has 3 heteroatoms. The van der Waals surface area contributed by atoms with Gasteiger partial charge >= 0.3 is 5.97 Å². The van der Waals surface area contributed by atoms with Gasteiger partial charge in [-0.3, -0.25) is 9.59 Å². The third-order valence-corrected chi connectivity index (χ3v) is 2.24. The van der Waals surface area contributed by atoms with Crippen LogP contribution in [-0.4, -0.2) is 18.4 Å². The predicted molar refractivity (Wildman–Crippen MR) is 36.8 cm³/mol. The summed E-state index contributed by atoms with van der Waals surface area (Å²) in [6.45, 7) is 0. The van der Waals surface area contributed by atoms with Crippen LogP contribution in [0, 0.1) is 5.92 Å². The smallest absolute Gasteiger partial charge is 0.306 e. The Bertz CT molecular complexity index is 242. The van der Waals surface area contributed by atoms with Crippen molar-refractivity contribution in [1.29, 1.82) is 0 Å². The topological polar surface area (TPSA) is 43.4 Å². The molecule has 1 fully saturated rings. The normalized spacial score (nSPS) is 34.5. The second kappa shape index (κ2) is 2.19. The van der Waals surface area contributed by atoms with Crippen LogP contribution in [0.25, 0.3) is 0 Å². The lowest BCUT2D eigenvalue weighted by atomic mass is 10.0. The van der Waals surface area contributed by atoms with Gasteiger partial charge in [-0.25, -0.2) is 0 Å². The quantitative estimate of drug-likeness (QED) is 0.404. The van der Waals surface area contributed by atoms with Crippen molar-refractivity contribution in [2.24, 2.45) is 5.92 Å². The lowest BCUT2D eigenvalue weighted by Crippen LogP contribution is -2.13. The Morgan fingerprint density at radius 2 is 2.45 bits per heavy atom. The lowest BCUT2D eigenvalue weighted by Gasteiger charge is -2.07. The van der Waals surface area contributed by atoms with Crippen molar-refractivity contribution in [2.75, 3.05) is 0 Å². The highest BCUT2D eigenvalue weighted by Crippen LogP contribution is 2.35. The minimum atomic E-state index is -0.222. The van der Waals surface area contributed by atoms with Crippen LogP contribution in [-0.2, 0) is 14.3 Å². The summed E-state index contributed by atoms with van der Waals surface area (Å²) in [4.78, 5) is 21.1. The van der Waals surface area contributed by atoms with E-state index in [9.17, 15) is 9.59 Å². The van der Waals surface area contributed by atoms with Crippen molar-refractivity contribution >= 4 is 12.3 Å². The molecule has 0 aromatic rings. The van der Waals surface area contributed by atoms with Crippen molar-refractivity contribution in [2.45, 2.75) is 18.9 Å². The highest BCUT2D eigenvalue weighted by molar-refractivity contribution is 5.81. The van der Waals surface area contributed by atoms with Gasteiger partial charge in [0.1, 0.15) is 12.4 Å². The standard InChI is InChI=1S/C8H8O3/c9-4-6-2-1-5-3-7(10)11-8(5)6/h2,4-5,8H,1,3H2. The maximum absolute atomic E-state index is 10.8. The number of rotatable bonds is 1. The molecule has 2 atom stereocenters. The van der Waals surface area contributed by atoms with Crippen molar-refractivity contribution in [1.82, 2.24) is 0 Å². The van der Waals surface area contributed by atoms with E-state index in [-0.39, 0.29) is 18.0 Å². The van der Waals surface area contributed by atoms with Crippen LogP contribution in [0.4, 0.5) is 0 Å². The predicted octanol–water partition coefficient (Wildman–Crippen LogP) is 0.447. The minimum absolute atomic E-state index is 0.174. The fourth-order valence-corrected chi connectivity index (χ4v) is 1.67. The lowest BCUT2D eigenvalue weighted by molar-refractivity contribution is -0.140. The summed E-state index contributed by atoms with van der Waals surface area (Å²) >= 11 is 0. The number of carbonyl (C=O) groups excluding carboxylic acids is 2. The number of esters is 1. The number of hydrogen-bond donors (Lipinski definition) is 0. The van der Waals surface area contributed by atoms with Crippen molar-refractivity contribution in [3.05, 3.63) is 11.6 Å². The van der Waals surface area contributed by atoms with E-state index in [1.807, 2.05) is 6.08 Å². The Labute approximate surface area is 64.0 Å². The number of carbonyl (C=O) groups is 2. The molecule has 2 unspecified atom stereocenters. The Balaban J connectivity index is 2.20. The summed E-state index contributed by atoms with van der Waals surface area (Å²) < 4.78 is 4.95. The molecule has 0 bridgehead atoms. The zero-order chi connectivity index (χ0) is 7.84. The van der Waals surface area contributed by atoms with Crippen molar-refractivity contribution in [3.63, 3.8) is 0 Å². The van der Waals surface area contributed by atoms with E-state index in [1.165, 1.54) is 0 Å². The first-order valence-electron chi connectivity index (χ1n) is 3.66. The van der Waals surface area contributed by atoms with Crippen LogP contribution in [0.2, 0.25) is 0 Å². The summed E-state index contributed by atoms with van der Waals surface area (Å²) in [6, 6.07) is 0. The second-order valence-corrected chi connectivity index (χ2v) is 2.93. The zero-order valence-corrected chi connectivity index (χ0v) is 5.95. The molecular formula is C8H8O3. The van der Waals surface area contributed by atoms with Gasteiger partial charge in [-0.1, -0.05) is 6.08 Å². The van der Waals surface area contributed by atoms with Gasteiger partial charge in [0, 0.05) is 11.5 Å². The maximum Gasteiger partial charge on any atom is 0.306 e. The molecule has 58 valence electrons. The molecule has 2 aliphatic rings. The van der Waals surface area contributed by atoms with Crippen molar-refractivity contribution < 1.29 is 14.3 Å². The fraction of sp³-hybridized carbons (Fsp3) is 0.500. The molecule has 1 aliphatic carbocycles. The largest absolute Gasteiger partial charge is 0.457 e. The van der Waals surface area contributed by atoms with Gasteiger partial charge in [0.25, 0.3) is 0 Å². The summed E-state index contributed by atoms with van der Waals surface area (Å²) in [5.41, 5.74) is 0.640. The Kier molecular flexibility index (Phi) is 1.31. The molecule has 2 rings (SSSR count). The van der Waals surface area contributed by atoms with Crippen LogP contribution in [0.5, 0.6) is 0 Å². The number of fused-ring (bicyclic) bond motifs is 1. The minimum Gasteiger partial charge on any atom is -0.457 e. The molecule has 0 radical (unpaired) electrons. The van der Waals surface area contributed by atoms with Crippen LogP contribution < -0.4 is 0 Å². The van der Waals surface area contributed by atoms with E-state index >= 15 is 0 Å². The average molecular weight is 152 g/mol. The molecular weight excluding hydrogens is 144 g/mol. The number of ether oxygens (including phenoxy) is 1. The Hall–Kier alpha value is -1.12. The molecule has 0 N–H and O–H groups in total. The number of aldehydes is 1. The van der Waals surface area contributed by atoms with E-state index in [0.717, 1.165) is 12.7 Å². The molecule has 11 heavy (non-hydrogen) atoms. The van der Waals surface area contributed by atoms with Gasteiger partial charge < -0.3 is 4.74 Å². The van der Waals surface area contributed by atoms with Gasteiger partial charge in [-0.15, -0.1) is 0 Å². The first-order valence-corrected chi connectivity index (χ1v) is 3.66. The second-order valence-electron chi connectivity index (χ2n) is 2.93. The average Bonchev–Trinajstić information content (AvgIpc) is 2.45. The summed E-state index contributed by atoms with van der Waals surface area (Å²) in [6.07, 6.45) is 3.70. The summed E-state index contributed by atoms with van der Waals surface area (Å²) in [5.74, 6) is 0.0650. The highest BCUT2D eigenvalue weighted by Gasteiger charge is 2.39. The third kappa shape index (κ3) is 0.878. The van der Waals surface area contributed by atoms with E-state index in [4.69, 9.17) is 4.74 Å². The monoisotopic (exact) mass is 152 g/mol. The first kappa shape index (κ1) is 6.58. The van der Waals surface area contributed by atoms with Crippen LogP contribution >= 0.6 is 0 Å². The third-order valence-electron chi connectivity index (χ3n) is 2.24. The molecule has 1 saturated heterocycles. The SMILES string of the molecule is O=CC1=CCC2CC(=O)OC12. The van der Waals surface area contributed by atoms with Crippen molar-refractivity contribution in [3.8, 4) is 0 Å². The number of allylic oxidation sites excluding steroid dienone is 1. The molecule has 3 nitrogen and oxygen atoms in total. The Morgan fingerprint density at radius 1 is 1.64 bits per heavy atom. The molecule has 0 amide bonds. The Morgan fingerprint density at radius 3 is 3.18 bits per heavy atom. The molecule has 1 aliphatic heterocycles. The van der Waals surface area contributed by atoms with Gasteiger partial charge in [0.05, 0.1) is 6.42 Å².